The van der Waals surface area contributed by atoms with Crippen molar-refractivity contribution >= 4 is 23.9 Å². The van der Waals surface area contributed by atoms with Crippen LogP contribution >= 0.6 is 0 Å². The lowest BCUT2D eigenvalue weighted by atomic mass is 10.1. The highest BCUT2D eigenvalue weighted by atomic mass is 16.5. The van der Waals surface area contributed by atoms with Gasteiger partial charge in [-0.2, -0.15) is 0 Å². The van der Waals surface area contributed by atoms with E-state index in [1.165, 1.54) is 6.08 Å². The van der Waals surface area contributed by atoms with Crippen LogP contribution in [0.4, 0.5) is 4.79 Å². The van der Waals surface area contributed by atoms with Crippen LogP contribution in [0.2, 0.25) is 0 Å². The third kappa shape index (κ3) is 3.03. The lowest BCUT2D eigenvalue weighted by Gasteiger charge is -2.14. The molecule has 4 amide bonds. The van der Waals surface area contributed by atoms with E-state index in [1.807, 2.05) is 48.7 Å². The second-order valence-corrected chi connectivity index (χ2v) is 5.66. The van der Waals surface area contributed by atoms with Crippen LogP contribution in [0.25, 0.3) is 11.8 Å². The summed E-state index contributed by atoms with van der Waals surface area (Å²) in [5.74, 6) is -0.653. The summed E-state index contributed by atoms with van der Waals surface area (Å²) < 4.78 is 7.18. The van der Waals surface area contributed by atoms with Crippen LogP contribution in [0.1, 0.15) is 17.0 Å². The van der Waals surface area contributed by atoms with Crippen LogP contribution in [-0.4, -0.2) is 29.5 Å². The molecule has 1 aromatic carbocycles. The fourth-order valence-electron chi connectivity index (χ4n) is 2.82. The summed E-state index contributed by atoms with van der Waals surface area (Å²) in [5.41, 5.74) is 3.38. The molecule has 0 bridgehead atoms. The third-order valence-electron chi connectivity index (χ3n) is 4.04. The lowest BCUT2D eigenvalue weighted by molar-refractivity contribution is -0.123. The normalized spacial score (nSPS) is 14.2. The van der Waals surface area contributed by atoms with Crippen molar-refractivity contribution in [3.05, 3.63) is 52.9 Å². The van der Waals surface area contributed by atoms with E-state index in [0.29, 0.717) is 0 Å². The van der Waals surface area contributed by atoms with Crippen molar-refractivity contribution in [3.8, 4) is 11.4 Å². The largest absolute Gasteiger partial charge is 0.497 e. The number of urea groups is 1. The van der Waals surface area contributed by atoms with Crippen LogP contribution in [0.3, 0.4) is 0 Å². The van der Waals surface area contributed by atoms with Crippen molar-refractivity contribution in [1.29, 1.82) is 0 Å². The van der Waals surface area contributed by atoms with Crippen molar-refractivity contribution in [1.82, 2.24) is 15.2 Å². The van der Waals surface area contributed by atoms with E-state index in [1.54, 1.807) is 7.11 Å². The molecule has 128 valence electrons. The second kappa shape index (κ2) is 6.27. The van der Waals surface area contributed by atoms with Gasteiger partial charge in [-0.05, 0) is 55.8 Å². The Balaban J connectivity index is 2.02. The average Bonchev–Trinajstić information content (AvgIpc) is 2.85. The number of benzene rings is 1. The van der Waals surface area contributed by atoms with Gasteiger partial charge < -0.3 is 9.30 Å². The maximum Gasteiger partial charge on any atom is 0.328 e. The molecule has 1 aliphatic rings. The highest BCUT2D eigenvalue weighted by Crippen LogP contribution is 2.24. The Kier molecular flexibility index (Phi) is 4.14. The van der Waals surface area contributed by atoms with Gasteiger partial charge in [-0.25, -0.2) is 4.79 Å². The predicted octanol–water partition coefficient (Wildman–Crippen LogP) is 1.85. The molecule has 0 aliphatic carbocycles. The number of imide groups is 2. The molecule has 0 spiro atoms. The summed E-state index contributed by atoms with van der Waals surface area (Å²) in [7, 11) is 1.61. The summed E-state index contributed by atoms with van der Waals surface area (Å²) >= 11 is 0. The summed E-state index contributed by atoms with van der Waals surface area (Å²) in [5, 5.41) is 4.13. The van der Waals surface area contributed by atoms with Crippen LogP contribution in [0.15, 0.2) is 35.9 Å². The topological polar surface area (TPSA) is 89.4 Å². The average molecular weight is 339 g/mol. The number of ether oxygens (including phenoxy) is 1. The lowest BCUT2D eigenvalue weighted by Crippen LogP contribution is -2.51. The van der Waals surface area contributed by atoms with Crippen molar-refractivity contribution in [2.75, 3.05) is 7.11 Å². The first-order valence-electron chi connectivity index (χ1n) is 7.62. The number of nitrogens with zero attached hydrogens (tertiary/aromatic N) is 1. The summed E-state index contributed by atoms with van der Waals surface area (Å²) in [6, 6.07) is 8.64. The standard InChI is InChI=1S/C18H17N3O4/c1-10-8-12(9-15-16(22)19-18(24)20-17(15)23)11(2)21(10)13-4-6-14(25-3)7-5-13/h4-9H,1-3H3,(H2,19,20,22,23,24). The molecule has 1 aromatic heterocycles. The number of aromatic nitrogens is 1. The Morgan fingerprint density at radius 3 is 2.16 bits per heavy atom. The minimum atomic E-state index is -0.809. The molecule has 2 aromatic rings. The van der Waals surface area contributed by atoms with Gasteiger partial charge in [0.2, 0.25) is 0 Å². The first-order chi connectivity index (χ1) is 11.9. The second-order valence-electron chi connectivity index (χ2n) is 5.66. The number of methoxy groups -OCH3 is 1. The van der Waals surface area contributed by atoms with Crippen LogP contribution < -0.4 is 15.4 Å². The fourth-order valence-corrected chi connectivity index (χ4v) is 2.82. The SMILES string of the molecule is COc1ccc(-n2c(C)cc(C=C3C(=O)NC(=O)NC3=O)c2C)cc1. The Bertz CT molecular complexity index is 885. The van der Waals surface area contributed by atoms with Gasteiger partial charge in [0.15, 0.2) is 0 Å². The molecule has 25 heavy (non-hydrogen) atoms. The summed E-state index contributed by atoms with van der Waals surface area (Å²) in [6.45, 7) is 3.83. The molecular weight excluding hydrogens is 322 g/mol. The maximum atomic E-state index is 11.9. The molecule has 3 rings (SSSR count). The molecule has 7 heteroatoms. The molecule has 1 aliphatic heterocycles. The van der Waals surface area contributed by atoms with Crippen LogP contribution in [-0.2, 0) is 9.59 Å². The molecule has 2 heterocycles. The van der Waals surface area contributed by atoms with Crippen molar-refractivity contribution in [2.45, 2.75) is 13.8 Å². The predicted molar refractivity (Wildman–Crippen MR) is 91.5 cm³/mol. The van der Waals surface area contributed by atoms with Crippen molar-refractivity contribution < 1.29 is 19.1 Å². The Morgan fingerprint density at radius 2 is 1.60 bits per heavy atom. The molecule has 0 atom stereocenters. The van der Waals surface area contributed by atoms with Gasteiger partial charge in [-0.15, -0.1) is 0 Å². The molecule has 0 saturated carbocycles. The highest BCUT2D eigenvalue weighted by molar-refractivity contribution is 6.31. The number of rotatable bonds is 3. The van der Waals surface area contributed by atoms with Gasteiger partial charge in [0.25, 0.3) is 11.8 Å². The number of aryl methyl sites for hydroxylation is 1. The zero-order valence-corrected chi connectivity index (χ0v) is 14.0. The number of nitrogens with one attached hydrogen (secondary N) is 2. The molecule has 0 radical (unpaired) electrons. The van der Waals surface area contributed by atoms with E-state index >= 15 is 0 Å². The molecule has 2 N–H and O–H groups in total. The first-order valence-corrected chi connectivity index (χ1v) is 7.62. The van der Waals surface area contributed by atoms with Crippen LogP contribution in [0, 0.1) is 13.8 Å². The third-order valence-corrected chi connectivity index (χ3v) is 4.04. The van der Waals surface area contributed by atoms with E-state index in [9.17, 15) is 14.4 Å². The first kappa shape index (κ1) is 16.5. The smallest absolute Gasteiger partial charge is 0.328 e. The zero-order valence-electron chi connectivity index (χ0n) is 14.0. The van der Waals surface area contributed by atoms with Gasteiger partial charge in [0, 0.05) is 17.1 Å². The van der Waals surface area contributed by atoms with E-state index in [-0.39, 0.29) is 5.57 Å². The van der Waals surface area contributed by atoms with Crippen LogP contribution in [0.5, 0.6) is 5.75 Å². The van der Waals surface area contributed by atoms with Crippen molar-refractivity contribution in [3.63, 3.8) is 0 Å². The monoisotopic (exact) mass is 339 g/mol. The molecular formula is C18H17N3O4. The number of carbonyl (C=O) groups excluding carboxylic acids is 3. The zero-order chi connectivity index (χ0) is 18.1. The van der Waals surface area contributed by atoms with Gasteiger partial charge in [-0.3, -0.25) is 20.2 Å². The Labute approximate surface area is 144 Å². The van der Waals surface area contributed by atoms with E-state index in [2.05, 4.69) is 10.6 Å². The summed E-state index contributed by atoms with van der Waals surface area (Å²) in [4.78, 5) is 34.9. The Morgan fingerprint density at radius 1 is 1.00 bits per heavy atom. The minimum absolute atomic E-state index is 0.102. The molecule has 1 saturated heterocycles. The number of barbiturate groups is 1. The number of carbonyl (C=O) groups is 3. The van der Waals surface area contributed by atoms with E-state index < -0.39 is 17.8 Å². The van der Waals surface area contributed by atoms with Gasteiger partial charge in [0.05, 0.1) is 7.11 Å². The quantitative estimate of drug-likeness (QED) is 0.660. The molecule has 1 fully saturated rings. The molecule has 7 nitrogen and oxygen atoms in total. The fraction of sp³-hybridized carbons (Fsp3) is 0.167. The Hall–Kier alpha value is -3.35. The maximum absolute atomic E-state index is 11.9. The van der Waals surface area contributed by atoms with Gasteiger partial charge in [-0.1, -0.05) is 0 Å². The number of amides is 4. The van der Waals surface area contributed by atoms with Gasteiger partial charge in [0.1, 0.15) is 11.3 Å². The summed E-state index contributed by atoms with van der Waals surface area (Å²) in [6.07, 6.45) is 1.49. The van der Waals surface area contributed by atoms with E-state index in [0.717, 1.165) is 28.4 Å². The highest BCUT2D eigenvalue weighted by Gasteiger charge is 2.28. The molecule has 0 unspecified atom stereocenters. The van der Waals surface area contributed by atoms with Crippen molar-refractivity contribution in [2.24, 2.45) is 0 Å². The van der Waals surface area contributed by atoms with Gasteiger partial charge >= 0.3 is 6.03 Å². The number of hydrogen-bond acceptors (Lipinski definition) is 4. The number of hydrogen-bond donors (Lipinski definition) is 2. The van der Waals surface area contributed by atoms with E-state index in [4.69, 9.17) is 4.74 Å². The minimum Gasteiger partial charge on any atom is -0.497 e.